The summed E-state index contributed by atoms with van der Waals surface area (Å²) < 4.78 is 2.05. The van der Waals surface area contributed by atoms with E-state index in [-0.39, 0.29) is 10.6 Å². The summed E-state index contributed by atoms with van der Waals surface area (Å²) in [4.78, 5) is 14.5. The van der Waals surface area contributed by atoms with Gasteiger partial charge in [0.25, 0.3) is 5.69 Å². The Bertz CT molecular complexity index is 592. The van der Waals surface area contributed by atoms with E-state index in [4.69, 9.17) is 0 Å². The Morgan fingerprint density at radius 3 is 2.89 bits per heavy atom. The van der Waals surface area contributed by atoms with Crippen LogP contribution in [0.25, 0.3) is 0 Å². The summed E-state index contributed by atoms with van der Waals surface area (Å²) in [5, 5.41) is 13.9. The smallest absolute Gasteiger partial charge is 0.269 e. The number of benzene rings is 1. The van der Waals surface area contributed by atoms with E-state index in [1.165, 1.54) is 6.07 Å². The molecule has 1 aromatic carbocycles. The number of aromatic nitrogens is 2. The van der Waals surface area contributed by atoms with E-state index >= 15 is 0 Å². The van der Waals surface area contributed by atoms with Crippen molar-refractivity contribution in [3.63, 3.8) is 0 Å². The lowest BCUT2D eigenvalue weighted by Gasteiger charge is -2.10. The van der Waals surface area contributed by atoms with Crippen molar-refractivity contribution < 1.29 is 4.92 Å². The fourth-order valence-corrected chi connectivity index (χ4v) is 1.93. The second kappa shape index (κ2) is 5.51. The van der Waals surface area contributed by atoms with Crippen molar-refractivity contribution in [2.24, 2.45) is 0 Å². The van der Waals surface area contributed by atoms with Gasteiger partial charge >= 0.3 is 0 Å². The van der Waals surface area contributed by atoms with E-state index in [1.807, 2.05) is 17.7 Å². The summed E-state index contributed by atoms with van der Waals surface area (Å²) in [6, 6.07) is 4.79. The monoisotopic (exact) mass is 260 g/mol. The molecule has 0 saturated heterocycles. The van der Waals surface area contributed by atoms with Gasteiger partial charge in [0.2, 0.25) is 0 Å². The van der Waals surface area contributed by atoms with Crippen LogP contribution in [0, 0.1) is 17.0 Å². The number of anilines is 1. The van der Waals surface area contributed by atoms with Gasteiger partial charge in [-0.15, -0.1) is 0 Å². The normalized spacial score (nSPS) is 10.4. The second-order valence-corrected chi connectivity index (χ2v) is 4.24. The van der Waals surface area contributed by atoms with Crippen LogP contribution in [-0.2, 0) is 13.1 Å². The zero-order valence-corrected chi connectivity index (χ0v) is 11.0. The van der Waals surface area contributed by atoms with E-state index < -0.39 is 0 Å². The van der Waals surface area contributed by atoms with Crippen LogP contribution < -0.4 is 5.32 Å². The van der Waals surface area contributed by atoms with Gasteiger partial charge in [0.1, 0.15) is 5.82 Å². The summed E-state index contributed by atoms with van der Waals surface area (Å²) >= 11 is 0. The maximum atomic E-state index is 10.7. The van der Waals surface area contributed by atoms with E-state index in [9.17, 15) is 10.1 Å². The summed E-state index contributed by atoms with van der Waals surface area (Å²) in [7, 11) is 0. The van der Waals surface area contributed by atoms with E-state index in [2.05, 4.69) is 17.2 Å². The van der Waals surface area contributed by atoms with Gasteiger partial charge in [0.05, 0.1) is 11.5 Å². The van der Waals surface area contributed by atoms with Crippen LogP contribution in [0.15, 0.2) is 30.6 Å². The highest BCUT2D eigenvalue weighted by molar-refractivity contribution is 5.55. The summed E-state index contributed by atoms with van der Waals surface area (Å²) in [5.74, 6) is 0.945. The standard InChI is InChI=1S/C13H16N4O2/c1-3-16-7-6-14-13(16)9-15-12-5-4-11(17(18)19)8-10(12)2/h4-8,15H,3,9H2,1-2H3. The van der Waals surface area contributed by atoms with Crippen LogP contribution in [-0.4, -0.2) is 14.5 Å². The van der Waals surface area contributed by atoms with Gasteiger partial charge in [-0.3, -0.25) is 10.1 Å². The molecule has 0 fully saturated rings. The Kier molecular flexibility index (Phi) is 3.79. The Morgan fingerprint density at radius 2 is 2.26 bits per heavy atom. The minimum absolute atomic E-state index is 0.109. The van der Waals surface area contributed by atoms with Gasteiger partial charge in [-0.25, -0.2) is 4.98 Å². The minimum atomic E-state index is -0.388. The highest BCUT2D eigenvalue weighted by atomic mass is 16.6. The zero-order valence-electron chi connectivity index (χ0n) is 11.0. The number of aryl methyl sites for hydroxylation is 2. The van der Waals surface area contributed by atoms with Gasteiger partial charge in [-0.1, -0.05) is 0 Å². The predicted molar refractivity (Wildman–Crippen MR) is 73.1 cm³/mol. The lowest BCUT2D eigenvalue weighted by molar-refractivity contribution is -0.384. The molecule has 0 aliphatic rings. The Labute approximate surface area is 111 Å². The van der Waals surface area contributed by atoms with E-state index in [0.717, 1.165) is 23.6 Å². The molecule has 0 radical (unpaired) electrons. The number of imidazole rings is 1. The molecule has 1 aromatic heterocycles. The molecule has 1 heterocycles. The largest absolute Gasteiger partial charge is 0.378 e. The van der Waals surface area contributed by atoms with Gasteiger partial charge in [0.15, 0.2) is 0 Å². The van der Waals surface area contributed by atoms with Gasteiger partial charge < -0.3 is 9.88 Å². The van der Waals surface area contributed by atoms with Crippen LogP contribution >= 0.6 is 0 Å². The molecule has 1 N–H and O–H groups in total. The van der Waals surface area contributed by atoms with Crippen molar-refractivity contribution in [1.29, 1.82) is 0 Å². The molecule has 0 saturated carbocycles. The third-order valence-corrected chi connectivity index (χ3v) is 3.00. The molecule has 19 heavy (non-hydrogen) atoms. The maximum Gasteiger partial charge on any atom is 0.269 e. The number of rotatable bonds is 5. The van der Waals surface area contributed by atoms with E-state index in [0.29, 0.717) is 6.54 Å². The molecule has 6 heteroatoms. The Balaban J connectivity index is 2.10. The van der Waals surface area contributed by atoms with Gasteiger partial charge in [0, 0.05) is 36.8 Å². The molecule has 0 aliphatic carbocycles. The summed E-state index contributed by atoms with van der Waals surface area (Å²) in [5.41, 5.74) is 1.85. The maximum absolute atomic E-state index is 10.7. The van der Waals surface area contributed by atoms with Crippen LogP contribution in [0.4, 0.5) is 11.4 Å². The molecule has 0 bridgehead atoms. The quantitative estimate of drug-likeness (QED) is 0.662. The van der Waals surface area contributed by atoms with Crippen LogP contribution in [0.2, 0.25) is 0 Å². The molecule has 0 amide bonds. The van der Waals surface area contributed by atoms with Crippen molar-refractivity contribution in [1.82, 2.24) is 9.55 Å². The van der Waals surface area contributed by atoms with Crippen molar-refractivity contribution >= 4 is 11.4 Å². The Morgan fingerprint density at radius 1 is 1.47 bits per heavy atom. The van der Waals surface area contributed by atoms with E-state index in [1.54, 1.807) is 18.3 Å². The van der Waals surface area contributed by atoms with Crippen molar-refractivity contribution in [3.05, 3.63) is 52.1 Å². The topological polar surface area (TPSA) is 73.0 Å². The number of hydrogen-bond donors (Lipinski definition) is 1. The summed E-state index contributed by atoms with van der Waals surface area (Å²) in [6.45, 7) is 5.37. The molecular weight excluding hydrogens is 244 g/mol. The number of nitrogens with zero attached hydrogens (tertiary/aromatic N) is 3. The molecule has 0 unspecified atom stereocenters. The number of nitro groups is 1. The molecule has 2 aromatic rings. The summed E-state index contributed by atoms with van der Waals surface area (Å²) in [6.07, 6.45) is 3.70. The second-order valence-electron chi connectivity index (χ2n) is 4.24. The first-order chi connectivity index (χ1) is 9.11. The number of nitrogens with one attached hydrogen (secondary N) is 1. The molecule has 0 aliphatic heterocycles. The van der Waals surface area contributed by atoms with Crippen molar-refractivity contribution in [3.8, 4) is 0 Å². The van der Waals surface area contributed by atoms with Crippen LogP contribution in [0.1, 0.15) is 18.3 Å². The number of hydrogen-bond acceptors (Lipinski definition) is 4. The first-order valence-electron chi connectivity index (χ1n) is 6.10. The average Bonchev–Trinajstić information content (AvgIpc) is 2.84. The fourth-order valence-electron chi connectivity index (χ4n) is 1.93. The predicted octanol–water partition coefficient (Wildman–Crippen LogP) is 2.73. The number of non-ortho nitro benzene ring substituents is 1. The Hall–Kier alpha value is -2.37. The zero-order chi connectivity index (χ0) is 13.8. The first-order valence-corrected chi connectivity index (χ1v) is 6.10. The average molecular weight is 260 g/mol. The molecule has 100 valence electrons. The number of nitro benzene ring substituents is 1. The van der Waals surface area contributed by atoms with Crippen molar-refractivity contribution in [2.75, 3.05) is 5.32 Å². The van der Waals surface area contributed by atoms with Gasteiger partial charge in [-0.2, -0.15) is 0 Å². The molecule has 2 rings (SSSR count). The lowest BCUT2D eigenvalue weighted by atomic mass is 10.2. The van der Waals surface area contributed by atoms with Gasteiger partial charge in [-0.05, 0) is 25.5 Å². The molecule has 0 atom stereocenters. The highest BCUT2D eigenvalue weighted by Crippen LogP contribution is 2.21. The van der Waals surface area contributed by atoms with Crippen LogP contribution in [0.3, 0.4) is 0 Å². The fraction of sp³-hybridized carbons (Fsp3) is 0.308. The lowest BCUT2D eigenvalue weighted by Crippen LogP contribution is -2.08. The third-order valence-electron chi connectivity index (χ3n) is 3.00. The van der Waals surface area contributed by atoms with Crippen molar-refractivity contribution in [2.45, 2.75) is 26.9 Å². The minimum Gasteiger partial charge on any atom is -0.378 e. The third kappa shape index (κ3) is 2.90. The SMILES string of the molecule is CCn1ccnc1CNc1ccc([N+](=O)[O-])cc1C. The molecule has 6 nitrogen and oxygen atoms in total. The molecule has 0 spiro atoms. The van der Waals surface area contributed by atoms with Crippen LogP contribution in [0.5, 0.6) is 0 Å². The highest BCUT2D eigenvalue weighted by Gasteiger charge is 2.08. The first kappa shape index (κ1) is 13.1. The molecular formula is C13H16N4O2.